The van der Waals surface area contributed by atoms with E-state index in [0.717, 1.165) is 36.9 Å². The average molecular weight is 310 g/mol. The van der Waals surface area contributed by atoms with Gasteiger partial charge >= 0.3 is 0 Å². The summed E-state index contributed by atoms with van der Waals surface area (Å²) >= 11 is 0. The van der Waals surface area contributed by atoms with Gasteiger partial charge in [0, 0.05) is 12.6 Å². The fraction of sp³-hybridized carbons (Fsp3) is 0.625. The molecule has 1 aromatic rings. The lowest BCUT2D eigenvalue weighted by Crippen LogP contribution is -2.28. The minimum Gasteiger partial charge on any atom is -0.313 e. The summed E-state index contributed by atoms with van der Waals surface area (Å²) in [4.78, 5) is 0.417. The van der Waals surface area contributed by atoms with E-state index in [9.17, 15) is 8.42 Å². The third-order valence-electron chi connectivity index (χ3n) is 4.01. The van der Waals surface area contributed by atoms with Crippen LogP contribution in [0.3, 0.4) is 0 Å². The van der Waals surface area contributed by atoms with Gasteiger partial charge in [0.05, 0.1) is 4.90 Å². The van der Waals surface area contributed by atoms with Crippen molar-refractivity contribution in [2.24, 2.45) is 5.92 Å². The van der Waals surface area contributed by atoms with Crippen molar-refractivity contribution in [1.29, 1.82) is 0 Å². The van der Waals surface area contributed by atoms with Crippen LogP contribution in [0.5, 0.6) is 0 Å². The topological polar surface area (TPSA) is 58.2 Å². The number of rotatable bonds is 8. The second-order valence-corrected chi connectivity index (χ2v) is 7.57. The second kappa shape index (κ2) is 6.90. The van der Waals surface area contributed by atoms with Crippen LogP contribution in [-0.2, 0) is 16.6 Å². The Bertz CT molecular complexity index is 584. The molecule has 1 aromatic carbocycles. The Kier molecular flexibility index (Phi) is 5.41. The van der Waals surface area contributed by atoms with Crippen molar-refractivity contribution in [2.75, 3.05) is 6.54 Å². The first-order valence-corrected chi connectivity index (χ1v) is 9.28. The number of nitrogens with one attached hydrogen (secondary N) is 2. The van der Waals surface area contributed by atoms with E-state index in [1.165, 1.54) is 0 Å². The van der Waals surface area contributed by atoms with Gasteiger partial charge in [-0.2, -0.15) is 0 Å². The molecule has 1 saturated carbocycles. The third-order valence-corrected chi connectivity index (χ3v) is 5.64. The summed E-state index contributed by atoms with van der Waals surface area (Å²) in [7, 11) is -3.40. The third kappa shape index (κ3) is 4.28. The van der Waals surface area contributed by atoms with E-state index in [-0.39, 0.29) is 6.04 Å². The van der Waals surface area contributed by atoms with E-state index in [0.29, 0.717) is 17.4 Å². The molecule has 2 unspecified atom stereocenters. The standard InChI is InChI=1S/C16H26N2O2S/c1-4-6-14-10-15(14)18-21(19,20)16-9-13(11-17-5-2)8-7-12(16)3/h7-9,14-15,17-18H,4-6,10-11H2,1-3H3. The van der Waals surface area contributed by atoms with Gasteiger partial charge in [-0.25, -0.2) is 13.1 Å². The molecule has 1 aliphatic rings. The fourth-order valence-corrected chi connectivity index (χ4v) is 4.27. The van der Waals surface area contributed by atoms with Gasteiger partial charge in [-0.3, -0.25) is 0 Å². The Labute approximate surface area is 128 Å². The van der Waals surface area contributed by atoms with Crippen LogP contribution in [0.25, 0.3) is 0 Å². The van der Waals surface area contributed by atoms with Crippen LogP contribution in [0, 0.1) is 12.8 Å². The molecule has 0 radical (unpaired) electrons. The maximum atomic E-state index is 12.5. The highest BCUT2D eigenvalue weighted by Crippen LogP contribution is 2.36. The molecule has 0 spiro atoms. The van der Waals surface area contributed by atoms with Gasteiger partial charge in [0.15, 0.2) is 0 Å². The molecular formula is C16H26N2O2S. The maximum absolute atomic E-state index is 12.5. The monoisotopic (exact) mass is 310 g/mol. The molecule has 1 fully saturated rings. The summed E-state index contributed by atoms with van der Waals surface area (Å²) in [5.41, 5.74) is 1.80. The van der Waals surface area contributed by atoms with Crippen molar-refractivity contribution < 1.29 is 8.42 Å². The largest absolute Gasteiger partial charge is 0.313 e. The number of hydrogen-bond acceptors (Lipinski definition) is 3. The summed E-state index contributed by atoms with van der Waals surface area (Å²) < 4.78 is 28.0. The highest BCUT2D eigenvalue weighted by molar-refractivity contribution is 7.89. The van der Waals surface area contributed by atoms with Crippen LogP contribution >= 0.6 is 0 Å². The molecule has 21 heavy (non-hydrogen) atoms. The SMILES string of the molecule is CCCC1CC1NS(=O)(=O)c1cc(CNCC)ccc1C. The zero-order valence-electron chi connectivity index (χ0n) is 13.1. The van der Waals surface area contributed by atoms with Crippen molar-refractivity contribution in [1.82, 2.24) is 10.0 Å². The number of benzene rings is 1. The Morgan fingerprint density at radius 1 is 1.29 bits per heavy atom. The van der Waals surface area contributed by atoms with Crippen LogP contribution < -0.4 is 10.0 Å². The van der Waals surface area contributed by atoms with Crippen LogP contribution in [0.2, 0.25) is 0 Å². The van der Waals surface area contributed by atoms with Gasteiger partial charge in [-0.1, -0.05) is 32.4 Å². The molecule has 4 nitrogen and oxygen atoms in total. The molecule has 1 aliphatic carbocycles. The molecule has 0 saturated heterocycles. The Hall–Kier alpha value is -0.910. The number of sulfonamides is 1. The summed E-state index contributed by atoms with van der Waals surface area (Å²) in [5, 5.41) is 3.22. The van der Waals surface area contributed by atoms with E-state index in [1.807, 2.05) is 26.0 Å². The highest BCUT2D eigenvalue weighted by atomic mass is 32.2. The molecule has 2 N–H and O–H groups in total. The highest BCUT2D eigenvalue weighted by Gasteiger charge is 2.39. The summed E-state index contributed by atoms with van der Waals surface area (Å²) in [6.07, 6.45) is 3.19. The van der Waals surface area contributed by atoms with Crippen LogP contribution in [0.4, 0.5) is 0 Å². The predicted octanol–water partition coefficient (Wildman–Crippen LogP) is 2.57. The van der Waals surface area contributed by atoms with Crippen molar-refractivity contribution >= 4 is 10.0 Å². The number of hydrogen-bond donors (Lipinski definition) is 2. The normalized spacial score (nSPS) is 21.5. The quantitative estimate of drug-likeness (QED) is 0.776. The lowest BCUT2D eigenvalue weighted by molar-refractivity contribution is 0.572. The Morgan fingerprint density at radius 2 is 2.05 bits per heavy atom. The Balaban J connectivity index is 2.12. The summed E-state index contributed by atoms with van der Waals surface area (Å²) in [6, 6.07) is 5.79. The fourth-order valence-electron chi connectivity index (χ4n) is 2.66. The van der Waals surface area contributed by atoms with E-state index in [2.05, 4.69) is 17.0 Å². The smallest absolute Gasteiger partial charge is 0.241 e. The van der Waals surface area contributed by atoms with Crippen LogP contribution in [-0.4, -0.2) is 21.0 Å². The zero-order chi connectivity index (χ0) is 15.5. The second-order valence-electron chi connectivity index (χ2n) is 5.89. The van der Waals surface area contributed by atoms with Crippen LogP contribution in [0.15, 0.2) is 23.1 Å². The summed E-state index contributed by atoms with van der Waals surface area (Å²) in [6.45, 7) is 7.59. The van der Waals surface area contributed by atoms with E-state index >= 15 is 0 Å². The van der Waals surface area contributed by atoms with Gasteiger partial charge in [0.25, 0.3) is 0 Å². The zero-order valence-corrected chi connectivity index (χ0v) is 14.0. The molecule has 2 rings (SSSR count). The average Bonchev–Trinajstić information content (AvgIpc) is 3.15. The van der Waals surface area contributed by atoms with Crippen molar-refractivity contribution in [2.45, 2.75) is 57.5 Å². The van der Waals surface area contributed by atoms with E-state index in [1.54, 1.807) is 6.07 Å². The Morgan fingerprint density at radius 3 is 2.71 bits per heavy atom. The molecule has 0 aliphatic heterocycles. The van der Waals surface area contributed by atoms with Gasteiger partial charge in [-0.15, -0.1) is 0 Å². The lowest BCUT2D eigenvalue weighted by atomic mass is 10.1. The van der Waals surface area contributed by atoms with E-state index < -0.39 is 10.0 Å². The van der Waals surface area contributed by atoms with Crippen LogP contribution in [0.1, 0.15) is 44.2 Å². The molecule has 0 bridgehead atoms. The van der Waals surface area contributed by atoms with Crippen molar-refractivity contribution in [3.63, 3.8) is 0 Å². The number of aryl methyl sites for hydroxylation is 1. The maximum Gasteiger partial charge on any atom is 0.241 e. The van der Waals surface area contributed by atoms with Gasteiger partial charge < -0.3 is 5.32 Å². The molecule has 5 heteroatoms. The molecule has 0 aromatic heterocycles. The molecule has 2 atom stereocenters. The first-order valence-electron chi connectivity index (χ1n) is 7.80. The van der Waals surface area contributed by atoms with Crippen molar-refractivity contribution in [3.8, 4) is 0 Å². The van der Waals surface area contributed by atoms with Gasteiger partial charge in [-0.05, 0) is 49.4 Å². The van der Waals surface area contributed by atoms with Gasteiger partial charge in [0.1, 0.15) is 0 Å². The first-order chi connectivity index (χ1) is 9.97. The minimum absolute atomic E-state index is 0.131. The summed E-state index contributed by atoms with van der Waals surface area (Å²) in [5.74, 6) is 0.523. The van der Waals surface area contributed by atoms with Crippen molar-refractivity contribution in [3.05, 3.63) is 29.3 Å². The molecular weight excluding hydrogens is 284 g/mol. The first kappa shape index (κ1) is 16.5. The van der Waals surface area contributed by atoms with Gasteiger partial charge in [0.2, 0.25) is 10.0 Å². The van der Waals surface area contributed by atoms with E-state index in [4.69, 9.17) is 0 Å². The molecule has 118 valence electrons. The minimum atomic E-state index is -3.40. The molecule has 0 amide bonds. The molecule has 0 heterocycles. The lowest BCUT2D eigenvalue weighted by Gasteiger charge is -2.11. The predicted molar refractivity (Wildman–Crippen MR) is 85.7 cm³/mol.